The number of rotatable bonds is 6. The highest BCUT2D eigenvalue weighted by Gasteiger charge is 2.38. The number of methoxy groups -OCH3 is 1. The van der Waals surface area contributed by atoms with E-state index in [2.05, 4.69) is 29.6 Å². The van der Waals surface area contributed by atoms with Gasteiger partial charge in [0.05, 0.1) is 19.6 Å². The van der Waals surface area contributed by atoms with Crippen LogP contribution in [0.5, 0.6) is 5.75 Å². The lowest BCUT2D eigenvalue weighted by atomic mass is 9.91. The highest BCUT2D eigenvalue weighted by molar-refractivity contribution is 5.70. The third-order valence-corrected chi connectivity index (χ3v) is 6.01. The molecular formula is C20H27NO3. The van der Waals surface area contributed by atoms with E-state index in [1.165, 1.54) is 25.5 Å². The predicted molar refractivity (Wildman–Crippen MR) is 92.0 cm³/mol. The number of ether oxygens (including phenoxy) is 2. The molecule has 3 fully saturated rings. The average molecular weight is 329 g/mol. The summed E-state index contributed by atoms with van der Waals surface area (Å²) in [4.78, 5) is 11.7. The minimum Gasteiger partial charge on any atom is -0.490 e. The summed E-state index contributed by atoms with van der Waals surface area (Å²) < 4.78 is 11.2. The summed E-state index contributed by atoms with van der Waals surface area (Å²) >= 11 is 0. The van der Waals surface area contributed by atoms with E-state index in [1.807, 2.05) is 0 Å². The van der Waals surface area contributed by atoms with E-state index >= 15 is 0 Å². The molecule has 1 aliphatic heterocycles. The fourth-order valence-corrected chi connectivity index (χ4v) is 4.54. The van der Waals surface area contributed by atoms with Gasteiger partial charge in [0.15, 0.2) is 0 Å². The van der Waals surface area contributed by atoms with Gasteiger partial charge >= 0.3 is 5.97 Å². The van der Waals surface area contributed by atoms with Crippen molar-refractivity contribution in [1.82, 2.24) is 5.32 Å². The van der Waals surface area contributed by atoms with E-state index in [0.29, 0.717) is 18.4 Å². The number of hydrogen-bond donors (Lipinski definition) is 1. The van der Waals surface area contributed by atoms with E-state index in [-0.39, 0.29) is 11.9 Å². The van der Waals surface area contributed by atoms with Crippen molar-refractivity contribution >= 4 is 5.97 Å². The van der Waals surface area contributed by atoms with Crippen LogP contribution in [0.4, 0.5) is 0 Å². The van der Waals surface area contributed by atoms with E-state index < -0.39 is 0 Å². The first-order valence-electron chi connectivity index (χ1n) is 9.27. The molecule has 1 saturated heterocycles. The molecule has 1 aromatic rings. The van der Waals surface area contributed by atoms with Gasteiger partial charge < -0.3 is 14.8 Å². The van der Waals surface area contributed by atoms with Crippen LogP contribution in [0.3, 0.4) is 0 Å². The molecule has 0 radical (unpaired) electrons. The molecule has 2 saturated carbocycles. The van der Waals surface area contributed by atoms with Crippen molar-refractivity contribution in [3.05, 3.63) is 29.8 Å². The molecule has 0 aromatic heterocycles. The third kappa shape index (κ3) is 3.44. The predicted octanol–water partition coefficient (Wildman–Crippen LogP) is 3.12. The second kappa shape index (κ2) is 6.75. The Morgan fingerprint density at radius 3 is 2.67 bits per heavy atom. The summed E-state index contributed by atoms with van der Waals surface area (Å²) in [7, 11) is 1.47. The number of fused-ring (bicyclic) bond motifs is 1. The molecule has 130 valence electrons. The molecule has 3 aliphatic rings. The van der Waals surface area contributed by atoms with E-state index in [4.69, 9.17) is 9.47 Å². The Kier molecular flexibility index (Phi) is 4.49. The molecule has 4 heteroatoms. The topological polar surface area (TPSA) is 47.6 Å². The Labute approximate surface area is 143 Å². The highest BCUT2D eigenvalue weighted by atomic mass is 16.5. The maximum absolute atomic E-state index is 11.7. The molecule has 1 heterocycles. The van der Waals surface area contributed by atoms with E-state index in [9.17, 15) is 4.79 Å². The van der Waals surface area contributed by atoms with E-state index in [1.54, 1.807) is 0 Å². The minimum atomic E-state index is -0.116. The Morgan fingerprint density at radius 1 is 1.25 bits per heavy atom. The first-order valence-corrected chi connectivity index (χ1v) is 9.27. The zero-order valence-corrected chi connectivity index (χ0v) is 14.4. The molecule has 1 N–H and O–H groups in total. The van der Waals surface area contributed by atoms with Crippen LogP contribution in [0.25, 0.3) is 0 Å². The molecular weight excluding hydrogens is 302 g/mol. The zero-order valence-electron chi connectivity index (χ0n) is 14.4. The lowest BCUT2D eigenvalue weighted by molar-refractivity contribution is -0.141. The number of carbonyl (C=O) groups is 1. The van der Waals surface area contributed by atoms with Gasteiger partial charge in [0.1, 0.15) is 5.75 Å². The van der Waals surface area contributed by atoms with Gasteiger partial charge in [0.2, 0.25) is 0 Å². The third-order valence-electron chi connectivity index (χ3n) is 6.01. The molecule has 2 aliphatic carbocycles. The molecule has 0 amide bonds. The lowest BCUT2D eigenvalue weighted by Crippen LogP contribution is -2.18. The van der Waals surface area contributed by atoms with Crippen molar-refractivity contribution < 1.29 is 14.3 Å². The molecule has 4 nitrogen and oxygen atoms in total. The van der Waals surface area contributed by atoms with Gasteiger partial charge in [-0.15, -0.1) is 0 Å². The van der Waals surface area contributed by atoms with Crippen LogP contribution in [0, 0.1) is 17.8 Å². The van der Waals surface area contributed by atoms with Gasteiger partial charge in [-0.05, 0) is 80.1 Å². The van der Waals surface area contributed by atoms with Crippen LogP contribution in [0.15, 0.2) is 24.3 Å². The molecule has 0 bridgehead atoms. The van der Waals surface area contributed by atoms with Crippen LogP contribution in [-0.4, -0.2) is 32.3 Å². The number of nitrogens with one attached hydrogen (secondary N) is 1. The number of hydrogen-bond acceptors (Lipinski definition) is 4. The smallest absolute Gasteiger partial charge is 0.306 e. The fraction of sp³-hybridized carbons (Fsp3) is 0.650. The standard InChI is InChI=1S/C20H27NO3/c1-23-20(22)10-19(13-5-6-13)14-3-2-4-17(7-14)24-18-8-15-11-21-12-16(15)9-18/h2-4,7,13,15-16,18-19,21H,5-6,8-12H2,1H3. The second-order valence-corrected chi connectivity index (χ2v) is 7.69. The van der Waals surface area contributed by atoms with Crippen molar-refractivity contribution in [2.75, 3.05) is 20.2 Å². The fourth-order valence-electron chi connectivity index (χ4n) is 4.54. The molecule has 4 rings (SSSR count). The van der Waals surface area contributed by atoms with Crippen LogP contribution in [-0.2, 0) is 9.53 Å². The van der Waals surface area contributed by atoms with Crippen molar-refractivity contribution in [1.29, 1.82) is 0 Å². The Balaban J connectivity index is 1.43. The van der Waals surface area contributed by atoms with Crippen LogP contribution < -0.4 is 10.1 Å². The number of esters is 1. The van der Waals surface area contributed by atoms with Gasteiger partial charge in [0.25, 0.3) is 0 Å². The first-order chi connectivity index (χ1) is 11.7. The quantitative estimate of drug-likeness (QED) is 0.815. The maximum Gasteiger partial charge on any atom is 0.306 e. The first kappa shape index (κ1) is 15.9. The monoisotopic (exact) mass is 329 g/mol. The summed E-state index contributed by atoms with van der Waals surface area (Å²) in [6.07, 6.45) is 5.57. The van der Waals surface area contributed by atoms with Gasteiger partial charge in [-0.1, -0.05) is 12.1 Å². The Hall–Kier alpha value is -1.55. The van der Waals surface area contributed by atoms with Crippen LogP contribution in [0.1, 0.15) is 43.6 Å². The molecule has 0 spiro atoms. The van der Waals surface area contributed by atoms with E-state index in [0.717, 1.165) is 43.5 Å². The van der Waals surface area contributed by atoms with Crippen LogP contribution in [0.2, 0.25) is 0 Å². The summed E-state index contributed by atoms with van der Waals surface area (Å²) in [6.45, 7) is 2.29. The lowest BCUT2D eigenvalue weighted by Gasteiger charge is -2.19. The SMILES string of the molecule is COC(=O)CC(c1cccc(OC2CC3CNCC3C2)c1)C1CC1. The van der Waals surface area contributed by atoms with Gasteiger partial charge in [-0.25, -0.2) is 0 Å². The van der Waals surface area contributed by atoms with Crippen molar-refractivity contribution in [3.63, 3.8) is 0 Å². The van der Waals surface area contributed by atoms with Crippen molar-refractivity contribution in [2.45, 2.75) is 44.1 Å². The summed E-state index contributed by atoms with van der Waals surface area (Å²) in [5, 5.41) is 3.48. The van der Waals surface area contributed by atoms with Gasteiger partial charge in [0, 0.05) is 0 Å². The number of carbonyl (C=O) groups excluding carboxylic acids is 1. The normalized spacial score (nSPS) is 30.0. The molecule has 1 aromatic carbocycles. The van der Waals surface area contributed by atoms with Crippen LogP contribution >= 0.6 is 0 Å². The average Bonchev–Trinajstić information content (AvgIpc) is 3.22. The van der Waals surface area contributed by atoms with Gasteiger partial charge in [-0.2, -0.15) is 0 Å². The maximum atomic E-state index is 11.7. The van der Waals surface area contributed by atoms with Gasteiger partial charge in [-0.3, -0.25) is 4.79 Å². The van der Waals surface area contributed by atoms with Crippen molar-refractivity contribution in [2.24, 2.45) is 17.8 Å². The zero-order chi connectivity index (χ0) is 16.5. The highest BCUT2D eigenvalue weighted by Crippen LogP contribution is 2.45. The summed E-state index contributed by atoms with van der Waals surface area (Å²) in [5.74, 6) is 3.31. The second-order valence-electron chi connectivity index (χ2n) is 7.69. The molecule has 3 unspecified atom stereocenters. The Morgan fingerprint density at radius 2 is 2.00 bits per heavy atom. The largest absolute Gasteiger partial charge is 0.490 e. The summed E-state index contributed by atoms with van der Waals surface area (Å²) in [6, 6.07) is 8.40. The molecule has 3 atom stereocenters. The Bertz CT molecular complexity index is 586. The molecule has 24 heavy (non-hydrogen) atoms. The van der Waals surface area contributed by atoms with Crippen molar-refractivity contribution in [3.8, 4) is 5.75 Å². The number of benzene rings is 1. The minimum absolute atomic E-state index is 0.116. The summed E-state index contributed by atoms with van der Waals surface area (Å²) in [5.41, 5.74) is 1.22.